The molecule has 1 heterocycles. The molecule has 0 aromatic carbocycles. The van der Waals surface area contributed by atoms with Gasteiger partial charge in [-0.05, 0) is 31.2 Å². The zero-order chi connectivity index (χ0) is 13.8. The Bertz CT molecular complexity index is 467. The first kappa shape index (κ1) is 14.0. The van der Waals surface area contributed by atoms with E-state index < -0.39 is 5.97 Å². The van der Waals surface area contributed by atoms with Crippen LogP contribution in [0.2, 0.25) is 0 Å². The highest BCUT2D eigenvalue weighted by Gasteiger charge is 2.34. The van der Waals surface area contributed by atoms with Gasteiger partial charge in [-0.3, -0.25) is 9.59 Å². The lowest BCUT2D eigenvalue weighted by molar-refractivity contribution is -0.137. The fraction of sp³-hybridized carbons (Fsp3) is 0.538. The third-order valence-corrected chi connectivity index (χ3v) is 3.55. The number of nitrogens with zero attached hydrogens (tertiary/aromatic N) is 1. The topological polar surface area (TPSA) is 70.8 Å². The van der Waals surface area contributed by atoms with Gasteiger partial charge in [0.25, 0.3) is 5.91 Å². The number of furan rings is 1. The average Bonchev–Trinajstić information content (AvgIpc) is 3.09. The van der Waals surface area contributed by atoms with Gasteiger partial charge in [0.2, 0.25) is 0 Å². The number of carboxylic acid groups (broad SMARTS) is 1. The highest BCUT2D eigenvalue weighted by atomic mass is 32.2. The molecule has 0 unspecified atom stereocenters. The SMILES string of the molecule is CSCc1ccc(C(=O)N(CCC(=O)O)C2CC2)o1. The number of amides is 1. The van der Waals surface area contributed by atoms with Crippen molar-refractivity contribution < 1.29 is 19.1 Å². The van der Waals surface area contributed by atoms with Crippen molar-refractivity contribution in [3.05, 3.63) is 23.7 Å². The summed E-state index contributed by atoms with van der Waals surface area (Å²) in [6.45, 7) is 0.247. The van der Waals surface area contributed by atoms with Crippen LogP contribution in [-0.2, 0) is 10.5 Å². The van der Waals surface area contributed by atoms with Crippen LogP contribution < -0.4 is 0 Å². The summed E-state index contributed by atoms with van der Waals surface area (Å²) in [7, 11) is 0. The van der Waals surface area contributed by atoms with Gasteiger partial charge >= 0.3 is 5.97 Å². The molecule has 1 aromatic rings. The highest BCUT2D eigenvalue weighted by Crippen LogP contribution is 2.29. The van der Waals surface area contributed by atoms with Gasteiger partial charge in [-0.25, -0.2) is 0 Å². The van der Waals surface area contributed by atoms with E-state index in [1.54, 1.807) is 28.8 Å². The maximum Gasteiger partial charge on any atom is 0.305 e. The number of thioether (sulfide) groups is 1. The Morgan fingerprint density at radius 3 is 2.79 bits per heavy atom. The van der Waals surface area contributed by atoms with Crippen LogP contribution in [0.1, 0.15) is 35.6 Å². The molecule has 0 radical (unpaired) electrons. The molecule has 1 amide bonds. The molecule has 1 N–H and O–H groups in total. The summed E-state index contributed by atoms with van der Waals surface area (Å²) in [5, 5.41) is 8.73. The maximum atomic E-state index is 12.3. The van der Waals surface area contributed by atoms with Crippen LogP contribution in [0.25, 0.3) is 0 Å². The quantitative estimate of drug-likeness (QED) is 0.831. The smallest absolute Gasteiger partial charge is 0.305 e. The fourth-order valence-electron chi connectivity index (χ4n) is 1.91. The van der Waals surface area contributed by atoms with E-state index in [4.69, 9.17) is 9.52 Å². The zero-order valence-electron chi connectivity index (χ0n) is 10.8. The van der Waals surface area contributed by atoms with Crippen molar-refractivity contribution >= 4 is 23.6 Å². The summed E-state index contributed by atoms with van der Waals surface area (Å²) in [5.41, 5.74) is 0. The van der Waals surface area contributed by atoms with Gasteiger partial charge < -0.3 is 14.4 Å². The Balaban J connectivity index is 2.03. The van der Waals surface area contributed by atoms with E-state index >= 15 is 0 Å². The van der Waals surface area contributed by atoms with E-state index in [0.29, 0.717) is 5.76 Å². The lowest BCUT2D eigenvalue weighted by Gasteiger charge is -2.20. The zero-order valence-corrected chi connectivity index (χ0v) is 11.6. The molecule has 1 aromatic heterocycles. The number of hydrogen-bond acceptors (Lipinski definition) is 4. The van der Waals surface area contributed by atoms with E-state index in [1.807, 2.05) is 6.26 Å². The number of carbonyl (C=O) groups excluding carboxylic acids is 1. The largest absolute Gasteiger partial charge is 0.481 e. The predicted molar refractivity (Wildman–Crippen MR) is 72.2 cm³/mol. The molecule has 19 heavy (non-hydrogen) atoms. The molecular formula is C13H17NO4S. The first-order valence-corrected chi connectivity index (χ1v) is 7.61. The second kappa shape index (κ2) is 6.14. The Labute approximate surface area is 116 Å². The first-order valence-electron chi connectivity index (χ1n) is 6.22. The summed E-state index contributed by atoms with van der Waals surface area (Å²) in [5.74, 6) is 0.717. The Hall–Kier alpha value is -1.43. The fourth-order valence-corrected chi connectivity index (χ4v) is 2.35. The lowest BCUT2D eigenvalue weighted by atomic mass is 10.3. The van der Waals surface area contributed by atoms with Crippen molar-refractivity contribution in [2.75, 3.05) is 12.8 Å². The number of carboxylic acids is 1. The number of rotatable bonds is 7. The molecular weight excluding hydrogens is 266 g/mol. The van der Waals surface area contributed by atoms with Gasteiger partial charge in [-0.1, -0.05) is 0 Å². The molecule has 0 spiro atoms. The summed E-state index contributed by atoms with van der Waals surface area (Å²) >= 11 is 1.62. The molecule has 1 aliphatic rings. The van der Waals surface area contributed by atoms with E-state index in [2.05, 4.69) is 0 Å². The van der Waals surface area contributed by atoms with Crippen LogP contribution in [-0.4, -0.2) is 40.7 Å². The van der Waals surface area contributed by atoms with Crippen LogP contribution in [0.3, 0.4) is 0 Å². The van der Waals surface area contributed by atoms with E-state index in [1.165, 1.54) is 0 Å². The molecule has 2 rings (SSSR count). The Kier molecular flexibility index (Phi) is 4.52. The van der Waals surface area contributed by atoms with Crippen molar-refractivity contribution in [3.63, 3.8) is 0 Å². The molecule has 104 valence electrons. The third-order valence-electron chi connectivity index (χ3n) is 2.97. The van der Waals surface area contributed by atoms with Gasteiger partial charge in [0.15, 0.2) is 5.76 Å². The van der Waals surface area contributed by atoms with Gasteiger partial charge in [0.1, 0.15) is 5.76 Å². The monoisotopic (exact) mass is 283 g/mol. The van der Waals surface area contributed by atoms with Crippen molar-refractivity contribution in [2.45, 2.75) is 31.1 Å². The molecule has 0 atom stereocenters. The molecule has 1 saturated carbocycles. The summed E-state index contributed by atoms with van der Waals surface area (Å²) < 4.78 is 5.49. The second-order valence-electron chi connectivity index (χ2n) is 4.57. The molecule has 0 aliphatic heterocycles. The highest BCUT2D eigenvalue weighted by molar-refractivity contribution is 7.97. The first-order chi connectivity index (χ1) is 9.11. The van der Waals surface area contributed by atoms with Gasteiger partial charge in [-0.2, -0.15) is 11.8 Å². The molecule has 6 heteroatoms. The summed E-state index contributed by atoms with van der Waals surface area (Å²) in [6, 6.07) is 3.65. The Morgan fingerprint density at radius 1 is 1.47 bits per heavy atom. The number of aliphatic carboxylic acids is 1. The van der Waals surface area contributed by atoms with Crippen molar-refractivity contribution in [2.24, 2.45) is 0 Å². The molecule has 0 saturated heterocycles. The predicted octanol–water partition coefficient (Wildman–Crippen LogP) is 2.22. The maximum absolute atomic E-state index is 12.3. The summed E-state index contributed by atoms with van der Waals surface area (Å²) in [4.78, 5) is 24.5. The van der Waals surface area contributed by atoms with Crippen molar-refractivity contribution in [1.82, 2.24) is 4.90 Å². The molecule has 0 bridgehead atoms. The van der Waals surface area contributed by atoms with Crippen molar-refractivity contribution in [1.29, 1.82) is 0 Å². The average molecular weight is 283 g/mol. The van der Waals surface area contributed by atoms with Crippen LogP contribution in [0.4, 0.5) is 0 Å². The second-order valence-corrected chi connectivity index (χ2v) is 5.44. The van der Waals surface area contributed by atoms with Crippen LogP contribution in [0.5, 0.6) is 0 Å². The minimum Gasteiger partial charge on any atom is -0.481 e. The third kappa shape index (κ3) is 3.76. The van der Waals surface area contributed by atoms with E-state index in [0.717, 1.165) is 24.4 Å². The molecule has 1 aliphatic carbocycles. The number of carbonyl (C=O) groups is 2. The lowest BCUT2D eigenvalue weighted by Crippen LogP contribution is -2.34. The Morgan fingerprint density at radius 2 is 2.21 bits per heavy atom. The van der Waals surface area contributed by atoms with Gasteiger partial charge in [-0.15, -0.1) is 0 Å². The van der Waals surface area contributed by atoms with Crippen LogP contribution >= 0.6 is 11.8 Å². The normalized spacial score (nSPS) is 14.4. The van der Waals surface area contributed by atoms with Gasteiger partial charge in [0.05, 0.1) is 12.2 Å². The van der Waals surface area contributed by atoms with E-state index in [9.17, 15) is 9.59 Å². The van der Waals surface area contributed by atoms with Gasteiger partial charge in [0, 0.05) is 12.6 Å². The minimum absolute atomic E-state index is 0.0272. The summed E-state index contributed by atoms with van der Waals surface area (Å²) in [6.07, 6.45) is 3.83. The number of hydrogen-bond donors (Lipinski definition) is 1. The van der Waals surface area contributed by atoms with E-state index in [-0.39, 0.29) is 24.9 Å². The minimum atomic E-state index is -0.888. The van der Waals surface area contributed by atoms with Crippen molar-refractivity contribution in [3.8, 4) is 0 Å². The molecule has 5 nitrogen and oxygen atoms in total. The van der Waals surface area contributed by atoms with Crippen LogP contribution in [0.15, 0.2) is 16.5 Å². The standard InChI is InChI=1S/C13H17NO4S/c1-19-8-10-4-5-11(18-10)13(17)14(9-2-3-9)7-6-12(15)16/h4-5,9H,2-3,6-8H2,1H3,(H,15,16). The van der Waals surface area contributed by atoms with Crippen LogP contribution in [0, 0.1) is 0 Å². The molecule has 1 fully saturated rings.